The highest BCUT2D eigenvalue weighted by Gasteiger charge is 2.36. The molecule has 1 heterocycles. The summed E-state index contributed by atoms with van der Waals surface area (Å²) in [6.45, 7) is 10.2. The van der Waals surface area contributed by atoms with Gasteiger partial charge in [-0.1, -0.05) is 44.2 Å². The zero-order valence-electron chi connectivity index (χ0n) is 17.6. The van der Waals surface area contributed by atoms with E-state index >= 15 is 0 Å². The van der Waals surface area contributed by atoms with Gasteiger partial charge in [-0.15, -0.1) is 0 Å². The van der Waals surface area contributed by atoms with Crippen molar-refractivity contribution < 1.29 is 4.74 Å². The highest BCUT2D eigenvalue weighted by Crippen LogP contribution is 2.46. The molecule has 0 amide bonds. The lowest BCUT2D eigenvalue weighted by Gasteiger charge is -2.47. The van der Waals surface area contributed by atoms with E-state index < -0.39 is 0 Å². The van der Waals surface area contributed by atoms with Gasteiger partial charge in [-0.2, -0.15) is 5.26 Å². The first-order valence-corrected chi connectivity index (χ1v) is 10.1. The van der Waals surface area contributed by atoms with Gasteiger partial charge in [-0.3, -0.25) is 0 Å². The van der Waals surface area contributed by atoms with Crippen molar-refractivity contribution in [2.45, 2.75) is 52.0 Å². The Morgan fingerprint density at radius 3 is 2.61 bits per heavy atom. The van der Waals surface area contributed by atoms with E-state index in [4.69, 9.17) is 4.74 Å². The topological polar surface area (TPSA) is 36.3 Å². The third kappa shape index (κ3) is 3.78. The number of nitrogens with zero attached hydrogens (tertiary/aromatic N) is 2. The SMILES string of the molecule is CCCN1c2cc(OC)c(/C=C(/C#N)c3ccccc3)cc2C(C)CC1(C)C. The summed E-state index contributed by atoms with van der Waals surface area (Å²) < 4.78 is 5.74. The molecule has 1 aliphatic rings. The van der Waals surface area contributed by atoms with Crippen LogP contribution in [0.2, 0.25) is 0 Å². The average molecular weight is 375 g/mol. The van der Waals surface area contributed by atoms with E-state index in [0.29, 0.717) is 11.5 Å². The van der Waals surface area contributed by atoms with E-state index in [1.807, 2.05) is 36.4 Å². The Morgan fingerprint density at radius 2 is 2.00 bits per heavy atom. The lowest BCUT2D eigenvalue weighted by molar-refractivity contribution is 0.372. The molecule has 3 heteroatoms. The Hall–Kier alpha value is -2.73. The van der Waals surface area contributed by atoms with Gasteiger partial charge in [0.2, 0.25) is 0 Å². The van der Waals surface area contributed by atoms with Crippen LogP contribution in [-0.4, -0.2) is 19.2 Å². The van der Waals surface area contributed by atoms with Gasteiger partial charge in [-0.25, -0.2) is 0 Å². The Bertz CT molecular complexity index is 906. The number of allylic oxidation sites excluding steroid dienone is 1. The third-order valence-corrected chi connectivity index (χ3v) is 5.69. The average Bonchev–Trinajstić information content (AvgIpc) is 2.69. The van der Waals surface area contributed by atoms with Crippen LogP contribution >= 0.6 is 0 Å². The molecule has 1 aliphatic heterocycles. The second-order valence-electron chi connectivity index (χ2n) is 8.26. The first-order valence-electron chi connectivity index (χ1n) is 10.1. The molecule has 0 bridgehead atoms. The van der Waals surface area contributed by atoms with Gasteiger partial charge < -0.3 is 9.64 Å². The molecule has 2 aromatic carbocycles. The van der Waals surface area contributed by atoms with Gasteiger partial charge in [0, 0.05) is 29.4 Å². The fourth-order valence-electron chi connectivity index (χ4n) is 4.42. The van der Waals surface area contributed by atoms with Crippen LogP contribution in [0, 0.1) is 11.3 Å². The quantitative estimate of drug-likeness (QED) is 0.458. The molecule has 2 aromatic rings. The number of nitriles is 1. The number of hydrogen-bond donors (Lipinski definition) is 0. The van der Waals surface area contributed by atoms with Crippen molar-refractivity contribution in [1.82, 2.24) is 0 Å². The first kappa shape index (κ1) is 20.0. The van der Waals surface area contributed by atoms with Crippen molar-refractivity contribution in [3.05, 3.63) is 59.2 Å². The van der Waals surface area contributed by atoms with E-state index in [0.717, 1.165) is 36.3 Å². The monoisotopic (exact) mass is 374 g/mol. The highest BCUT2D eigenvalue weighted by molar-refractivity contribution is 5.91. The van der Waals surface area contributed by atoms with E-state index in [9.17, 15) is 5.26 Å². The van der Waals surface area contributed by atoms with Crippen molar-refractivity contribution in [2.24, 2.45) is 0 Å². The maximum Gasteiger partial charge on any atom is 0.128 e. The second kappa shape index (κ2) is 8.10. The largest absolute Gasteiger partial charge is 0.496 e. The van der Waals surface area contributed by atoms with Crippen molar-refractivity contribution in [3.8, 4) is 11.8 Å². The molecule has 0 fully saturated rings. The smallest absolute Gasteiger partial charge is 0.128 e. The van der Waals surface area contributed by atoms with Crippen LogP contribution in [-0.2, 0) is 0 Å². The normalized spacial score (nSPS) is 18.4. The van der Waals surface area contributed by atoms with E-state index in [1.165, 1.54) is 11.3 Å². The summed E-state index contributed by atoms with van der Waals surface area (Å²) in [5.74, 6) is 1.27. The highest BCUT2D eigenvalue weighted by atomic mass is 16.5. The molecule has 0 saturated carbocycles. The van der Waals surface area contributed by atoms with Gasteiger partial charge in [0.25, 0.3) is 0 Å². The van der Waals surface area contributed by atoms with E-state index in [2.05, 4.69) is 50.8 Å². The number of methoxy groups -OCH3 is 1. The van der Waals surface area contributed by atoms with Crippen molar-refractivity contribution in [3.63, 3.8) is 0 Å². The summed E-state index contributed by atoms with van der Waals surface area (Å²) in [6.07, 6.45) is 4.16. The van der Waals surface area contributed by atoms with Crippen LogP contribution in [0.25, 0.3) is 11.6 Å². The fraction of sp³-hybridized carbons (Fsp3) is 0.400. The molecule has 28 heavy (non-hydrogen) atoms. The summed E-state index contributed by atoms with van der Waals surface area (Å²) in [4.78, 5) is 2.51. The van der Waals surface area contributed by atoms with Crippen molar-refractivity contribution in [2.75, 3.05) is 18.6 Å². The Labute approximate surface area is 169 Å². The van der Waals surface area contributed by atoms with E-state index in [1.54, 1.807) is 7.11 Å². The van der Waals surface area contributed by atoms with Crippen LogP contribution in [0.3, 0.4) is 0 Å². The Kier molecular flexibility index (Phi) is 5.79. The molecule has 1 atom stereocenters. The third-order valence-electron chi connectivity index (χ3n) is 5.69. The Balaban J connectivity index is 2.14. The predicted octanol–water partition coefficient (Wildman–Crippen LogP) is 6.26. The van der Waals surface area contributed by atoms with Gasteiger partial charge in [-0.05, 0) is 55.9 Å². The molecule has 146 valence electrons. The first-order chi connectivity index (χ1) is 13.4. The van der Waals surface area contributed by atoms with Crippen molar-refractivity contribution in [1.29, 1.82) is 5.26 Å². The fourth-order valence-corrected chi connectivity index (χ4v) is 4.42. The summed E-state index contributed by atoms with van der Waals surface area (Å²) in [7, 11) is 1.70. The molecule has 0 radical (unpaired) electrons. The van der Waals surface area contributed by atoms with Crippen LogP contribution in [0.1, 0.15) is 63.1 Å². The molecule has 0 saturated heterocycles. The maximum absolute atomic E-state index is 9.71. The molecule has 0 aliphatic carbocycles. The molecule has 0 aromatic heterocycles. The number of benzene rings is 2. The molecule has 3 nitrogen and oxygen atoms in total. The second-order valence-corrected chi connectivity index (χ2v) is 8.26. The number of anilines is 1. The summed E-state index contributed by atoms with van der Waals surface area (Å²) >= 11 is 0. The molecular formula is C25H30N2O. The zero-order valence-corrected chi connectivity index (χ0v) is 17.6. The molecule has 0 spiro atoms. The minimum absolute atomic E-state index is 0.118. The number of ether oxygens (including phenoxy) is 1. The summed E-state index contributed by atoms with van der Waals surface area (Å²) in [5, 5.41) is 9.71. The van der Waals surface area contributed by atoms with Gasteiger partial charge in [0.05, 0.1) is 18.8 Å². The van der Waals surface area contributed by atoms with Crippen LogP contribution < -0.4 is 9.64 Å². The van der Waals surface area contributed by atoms with E-state index in [-0.39, 0.29) is 5.54 Å². The summed E-state index contributed by atoms with van der Waals surface area (Å²) in [6, 6.07) is 16.5. The Morgan fingerprint density at radius 1 is 1.29 bits per heavy atom. The number of fused-ring (bicyclic) bond motifs is 1. The molecule has 3 rings (SSSR count). The minimum atomic E-state index is 0.118. The maximum atomic E-state index is 9.71. The van der Waals surface area contributed by atoms with Crippen LogP contribution in [0.5, 0.6) is 5.75 Å². The van der Waals surface area contributed by atoms with Crippen LogP contribution in [0.15, 0.2) is 42.5 Å². The molecular weight excluding hydrogens is 344 g/mol. The van der Waals surface area contributed by atoms with Gasteiger partial charge in [0.1, 0.15) is 5.75 Å². The zero-order chi connectivity index (χ0) is 20.3. The van der Waals surface area contributed by atoms with Crippen molar-refractivity contribution >= 4 is 17.3 Å². The minimum Gasteiger partial charge on any atom is -0.496 e. The molecule has 0 N–H and O–H groups in total. The molecule has 1 unspecified atom stereocenters. The lowest BCUT2D eigenvalue weighted by atomic mass is 9.79. The van der Waals surface area contributed by atoms with Gasteiger partial charge >= 0.3 is 0 Å². The standard InChI is InChI=1S/C25H30N2O/c1-6-12-27-23-15-24(28-5)20(14-22(23)18(2)16-25(27,3)4)13-21(17-26)19-10-8-7-9-11-19/h7-11,13-15,18H,6,12,16H2,1-5H3/b21-13-. The summed E-state index contributed by atoms with van der Waals surface area (Å²) in [5.41, 5.74) is 5.25. The van der Waals surface area contributed by atoms with Gasteiger partial charge in [0.15, 0.2) is 0 Å². The number of hydrogen-bond acceptors (Lipinski definition) is 3. The number of rotatable bonds is 5. The van der Waals surface area contributed by atoms with Crippen LogP contribution in [0.4, 0.5) is 5.69 Å². The lowest BCUT2D eigenvalue weighted by Crippen LogP contribution is -2.48. The predicted molar refractivity (Wildman–Crippen MR) is 118 cm³/mol.